The first-order valence-electron chi connectivity index (χ1n) is 6.11. The van der Waals surface area contributed by atoms with E-state index in [2.05, 4.69) is 15.3 Å². The van der Waals surface area contributed by atoms with Crippen LogP contribution in [0.3, 0.4) is 0 Å². The van der Waals surface area contributed by atoms with Crippen molar-refractivity contribution in [3.05, 3.63) is 11.8 Å². The largest absolute Gasteiger partial charge is 0.393 e. The zero-order chi connectivity index (χ0) is 13.1. The van der Waals surface area contributed by atoms with Gasteiger partial charge in [-0.3, -0.25) is 0 Å². The molecule has 2 rings (SSSR count). The van der Waals surface area contributed by atoms with Crippen LogP contribution >= 0.6 is 11.8 Å². The quantitative estimate of drug-likeness (QED) is 0.564. The minimum Gasteiger partial charge on any atom is -0.393 e. The van der Waals surface area contributed by atoms with E-state index >= 15 is 0 Å². The van der Waals surface area contributed by atoms with Crippen molar-refractivity contribution in [3.63, 3.8) is 0 Å². The maximum atomic E-state index is 9.75. The van der Waals surface area contributed by atoms with Crippen LogP contribution in [0.4, 0.5) is 5.82 Å². The summed E-state index contributed by atoms with van der Waals surface area (Å²) < 4.78 is 0. The van der Waals surface area contributed by atoms with Gasteiger partial charge in [0.2, 0.25) is 0 Å². The standard InChI is InChI=1S/C12H19N3O2S/c1-7-9(3-4-10(7)17)14-11-8(6-16)5-13-12(15-11)18-2/h5,7,9-10,16-17H,3-4,6H2,1-2H3,(H,13,14,15)/t7?,9-,10?/m0/s1. The van der Waals surface area contributed by atoms with Crippen LogP contribution in [0.1, 0.15) is 25.3 Å². The number of hydrogen-bond donors (Lipinski definition) is 3. The van der Waals surface area contributed by atoms with Crippen LogP contribution in [-0.2, 0) is 6.61 Å². The van der Waals surface area contributed by atoms with Gasteiger partial charge < -0.3 is 15.5 Å². The van der Waals surface area contributed by atoms with Crippen LogP contribution in [0.2, 0.25) is 0 Å². The van der Waals surface area contributed by atoms with Crippen LogP contribution in [-0.4, -0.2) is 38.6 Å². The summed E-state index contributed by atoms with van der Waals surface area (Å²) in [7, 11) is 0. The van der Waals surface area contributed by atoms with E-state index < -0.39 is 0 Å². The SMILES string of the molecule is CSc1ncc(CO)c(N[C@H]2CCC(O)C2C)n1. The Morgan fingerprint density at radius 3 is 2.83 bits per heavy atom. The van der Waals surface area contributed by atoms with Crippen LogP contribution in [0, 0.1) is 5.92 Å². The van der Waals surface area contributed by atoms with Crippen LogP contribution in [0.15, 0.2) is 11.4 Å². The van der Waals surface area contributed by atoms with E-state index in [1.807, 2.05) is 13.2 Å². The van der Waals surface area contributed by atoms with Gasteiger partial charge in [0.1, 0.15) is 5.82 Å². The van der Waals surface area contributed by atoms with E-state index in [1.165, 1.54) is 11.8 Å². The van der Waals surface area contributed by atoms with Crippen LogP contribution < -0.4 is 5.32 Å². The second-order valence-electron chi connectivity index (χ2n) is 4.64. The Bertz CT molecular complexity index is 416. The summed E-state index contributed by atoms with van der Waals surface area (Å²) in [6.45, 7) is 1.95. The molecule has 1 heterocycles. The number of rotatable bonds is 4. The highest BCUT2D eigenvalue weighted by Crippen LogP contribution is 2.29. The van der Waals surface area contributed by atoms with Gasteiger partial charge in [-0.05, 0) is 19.1 Å². The number of anilines is 1. The number of nitrogens with zero attached hydrogens (tertiary/aromatic N) is 2. The first kappa shape index (κ1) is 13.6. The Kier molecular flexibility index (Phi) is 4.42. The number of hydrogen-bond acceptors (Lipinski definition) is 6. The molecule has 1 aliphatic rings. The summed E-state index contributed by atoms with van der Waals surface area (Å²) in [5.74, 6) is 0.882. The first-order chi connectivity index (χ1) is 8.65. The summed E-state index contributed by atoms with van der Waals surface area (Å²) >= 11 is 1.47. The van der Waals surface area contributed by atoms with E-state index in [-0.39, 0.29) is 24.7 Å². The van der Waals surface area contributed by atoms with Crippen molar-refractivity contribution < 1.29 is 10.2 Å². The number of aliphatic hydroxyl groups excluding tert-OH is 2. The Labute approximate surface area is 111 Å². The zero-order valence-corrected chi connectivity index (χ0v) is 11.4. The molecule has 5 nitrogen and oxygen atoms in total. The number of aromatic nitrogens is 2. The van der Waals surface area contributed by atoms with Crippen LogP contribution in [0.5, 0.6) is 0 Å². The topological polar surface area (TPSA) is 78.3 Å². The van der Waals surface area contributed by atoms with Gasteiger partial charge in [-0.1, -0.05) is 18.7 Å². The molecule has 2 unspecified atom stereocenters. The van der Waals surface area contributed by atoms with E-state index in [4.69, 9.17) is 0 Å². The summed E-state index contributed by atoms with van der Waals surface area (Å²) in [6, 6.07) is 0.204. The third-order valence-electron chi connectivity index (χ3n) is 3.53. The molecule has 100 valence electrons. The van der Waals surface area contributed by atoms with Crippen molar-refractivity contribution in [2.75, 3.05) is 11.6 Å². The molecule has 0 saturated heterocycles. The van der Waals surface area contributed by atoms with Crippen molar-refractivity contribution in [2.24, 2.45) is 5.92 Å². The lowest BCUT2D eigenvalue weighted by molar-refractivity contribution is 0.139. The Balaban J connectivity index is 2.17. The van der Waals surface area contributed by atoms with Crippen molar-refractivity contribution in [1.82, 2.24) is 9.97 Å². The zero-order valence-electron chi connectivity index (χ0n) is 10.6. The van der Waals surface area contributed by atoms with E-state index in [1.54, 1.807) is 6.20 Å². The Morgan fingerprint density at radius 1 is 1.50 bits per heavy atom. The lowest BCUT2D eigenvalue weighted by Crippen LogP contribution is -2.27. The molecule has 1 fully saturated rings. The molecule has 0 bridgehead atoms. The second-order valence-corrected chi connectivity index (χ2v) is 5.42. The summed E-state index contributed by atoms with van der Waals surface area (Å²) in [6.07, 6.45) is 5.05. The third kappa shape index (κ3) is 2.76. The average Bonchev–Trinajstić information content (AvgIpc) is 2.70. The maximum absolute atomic E-state index is 9.75. The van der Waals surface area contributed by atoms with E-state index in [0.717, 1.165) is 12.8 Å². The number of aliphatic hydroxyl groups is 2. The lowest BCUT2D eigenvalue weighted by Gasteiger charge is -2.21. The smallest absolute Gasteiger partial charge is 0.189 e. The highest BCUT2D eigenvalue weighted by atomic mass is 32.2. The molecular formula is C12H19N3O2S. The van der Waals surface area contributed by atoms with Gasteiger partial charge in [0.25, 0.3) is 0 Å². The summed E-state index contributed by atoms with van der Waals surface area (Å²) in [5.41, 5.74) is 0.696. The summed E-state index contributed by atoms with van der Waals surface area (Å²) in [5, 5.41) is 23.1. The molecule has 1 aliphatic carbocycles. The summed E-state index contributed by atoms with van der Waals surface area (Å²) in [4.78, 5) is 8.52. The fourth-order valence-corrected chi connectivity index (χ4v) is 2.59. The van der Waals surface area contributed by atoms with E-state index in [9.17, 15) is 10.2 Å². The molecule has 0 spiro atoms. The van der Waals surface area contributed by atoms with Gasteiger partial charge in [0, 0.05) is 23.7 Å². The van der Waals surface area contributed by atoms with Gasteiger partial charge in [-0.25, -0.2) is 9.97 Å². The van der Waals surface area contributed by atoms with Gasteiger partial charge in [-0.15, -0.1) is 0 Å². The third-order valence-corrected chi connectivity index (χ3v) is 4.09. The fraction of sp³-hybridized carbons (Fsp3) is 0.667. The van der Waals surface area contributed by atoms with Gasteiger partial charge in [0.05, 0.1) is 12.7 Å². The minimum atomic E-state index is -0.248. The van der Waals surface area contributed by atoms with Crippen molar-refractivity contribution in [1.29, 1.82) is 0 Å². The van der Waals surface area contributed by atoms with Crippen LogP contribution in [0.25, 0.3) is 0 Å². The predicted molar refractivity (Wildman–Crippen MR) is 71.6 cm³/mol. The van der Waals surface area contributed by atoms with Gasteiger partial charge in [0.15, 0.2) is 5.16 Å². The predicted octanol–water partition coefficient (Wildman–Crippen LogP) is 1.26. The molecule has 1 saturated carbocycles. The normalized spacial score (nSPS) is 27.4. The molecule has 3 atom stereocenters. The van der Waals surface area contributed by atoms with Gasteiger partial charge in [-0.2, -0.15) is 0 Å². The number of thioether (sulfide) groups is 1. The Hall–Kier alpha value is -0.850. The van der Waals surface area contributed by atoms with Crippen molar-refractivity contribution >= 4 is 17.6 Å². The van der Waals surface area contributed by atoms with Crippen molar-refractivity contribution in [3.8, 4) is 0 Å². The molecule has 0 radical (unpaired) electrons. The molecular weight excluding hydrogens is 250 g/mol. The fourth-order valence-electron chi connectivity index (χ4n) is 2.25. The molecule has 0 aromatic carbocycles. The minimum absolute atomic E-state index is 0.0827. The van der Waals surface area contributed by atoms with E-state index in [0.29, 0.717) is 16.5 Å². The molecule has 3 N–H and O–H groups in total. The maximum Gasteiger partial charge on any atom is 0.189 e. The molecule has 0 aliphatic heterocycles. The van der Waals surface area contributed by atoms with Crippen molar-refractivity contribution in [2.45, 2.75) is 43.7 Å². The highest BCUT2D eigenvalue weighted by Gasteiger charge is 2.31. The molecule has 1 aromatic rings. The molecule has 6 heteroatoms. The lowest BCUT2D eigenvalue weighted by atomic mass is 10.0. The molecule has 0 amide bonds. The molecule has 18 heavy (non-hydrogen) atoms. The Morgan fingerprint density at radius 2 is 2.28 bits per heavy atom. The monoisotopic (exact) mass is 269 g/mol. The molecule has 1 aromatic heterocycles. The average molecular weight is 269 g/mol. The van der Waals surface area contributed by atoms with Gasteiger partial charge >= 0.3 is 0 Å². The highest BCUT2D eigenvalue weighted by molar-refractivity contribution is 7.98. The number of nitrogens with one attached hydrogen (secondary N) is 1. The first-order valence-corrected chi connectivity index (χ1v) is 7.33. The second kappa shape index (κ2) is 5.86.